The molecule has 3 rings (SSSR count). The van der Waals surface area contributed by atoms with Gasteiger partial charge in [0, 0.05) is 30.8 Å². The van der Waals surface area contributed by atoms with Gasteiger partial charge in [-0.3, -0.25) is 9.59 Å². The summed E-state index contributed by atoms with van der Waals surface area (Å²) in [5, 5.41) is 2.99. The first kappa shape index (κ1) is 17.2. The van der Waals surface area contributed by atoms with Gasteiger partial charge in [0.05, 0.1) is 0 Å². The minimum Gasteiger partial charge on any atom is -0.348 e. The molecule has 0 saturated heterocycles. The first-order valence-corrected chi connectivity index (χ1v) is 8.77. The number of nitrogens with one attached hydrogen (secondary N) is 1. The number of benzene rings is 2. The van der Waals surface area contributed by atoms with Gasteiger partial charge in [-0.1, -0.05) is 36.8 Å². The van der Waals surface area contributed by atoms with E-state index in [0.717, 1.165) is 23.2 Å². The number of carbonyl (C=O) groups excluding carboxylic acids is 2. The summed E-state index contributed by atoms with van der Waals surface area (Å²) in [7, 11) is 0. The Labute approximate surface area is 148 Å². The van der Waals surface area contributed by atoms with Crippen LogP contribution in [0.2, 0.25) is 0 Å². The molecule has 0 unspecified atom stereocenters. The summed E-state index contributed by atoms with van der Waals surface area (Å²) in [6.07, 6.45) is 1.33. The highest BCUT2D eigenvalue weighted by Crippen LogP contribution is 2.29. The van der Waals surface area contributed by atoms with Crippen molar-refractivity contribution in [3.05, 3.63) is 64.2 Å². The number of anilines is 1. The maximum atomic E-state index is 12.5. The number of nitrogens with zero attached hydrogens (tertiary/aromatic N) is 1. The fourth-order valence-electron chi connectivity index (χ4n) is 3.24. The van der Waals surface area contributed by atoms with Gasteiger partial charge in [-0.2, -0.15) is 0 Å². The van der Waals surface area contributed by atoms with Crippen LogP contribution >= 0.6 is 0 Å². The Hall–Kier alpha value is -2.62. The average molecular weight is 336 g/mol. The molecule has 1 aliphatic heterocycles. The van der Waals surface area contributed by atoms with Gasteiger partial charge in [0.1, 0.15) is 0 Å². The number of rotatable bonds is 4. The van der Waals surface area contributed by atoms with Crippen molar-refractivity contribution in [2.75, 3.05) is 11.4 Å². The summed E-state index contributed by atoms with van der Waals surface area (Å²) in [6, 6.07) is 11.9. The second-order valence-electron chi connectivity index (χ2n) is 6.61. The highest BCUT2D eigenvalue weighted by Gasteiger charge is 2.24. The summed E-state index contributed by atoms with van der Waals surface area (Å²) < 4.78 is 0. The van der Waals surface area contributed by atoms with Crippen molar-refractivity contribution in [2.45, 2.75) is 40.2 Å². The van der Waals surface area contributed by atoms with E-state index in [1.54, 1.807) is 4.90 Å². The van der Waals surface area contributed by atoms with Crippen molar-refractivity contribution in [3.63, 3.8) is 0 Å². The summed E-state index contributed by atoms with van der Waals surface area (Å²) in [6.45, 7) is 7.16. The molecule has 130 valence electrons. The van der Waals surface area contributed by atoms with Gasteiger partial charge in [-0.15, -0.1) is 0 Å². The van der Waals surface area contributed by atoms with Crippen LogP contribution in [0.4, 0.5) is 5.69 Å². The summed E-state index contributed by atoms with van der Waals surface area (Å²) >= 11 is 0. The Bertz CT molecular complexity index is 827. The monoisotopic (exact) mass is 336 g/mol. The molecule has 4 heteroatoms. The normalized spacial score (nSPS) is 12.8. The van der Waals surface area contributed by atoms with Crippen LogP contribution in [0.5, 0.6) is 0 Å². The Kier molecular flexibility index (Phi) is 4.88. The van der Waals surface area contributed by atoms with Gasteiger partial charge >= 0.3 is 0 Å². The van der Waals surface area contributed by atoms with E-state index in [1.165, 1.54) is 11.1 Å². The lowest BCUT2D eigenvalue weighted by molar-refractivity contribution is -0.118. The van der Waals surface area contributed by atoms with Crippen LogP contribution in [0.1, 0.15) is 46.0 Å². The van der Waals surface area contributed by atoms with Crippen LogP contribution in [0.15, 0.2) is 36.4 Å². The number of carbonyl (C=O) groups is 2. The molecule has 25 heavy (non-hydrogen) atoms. The Morgan fingerprint density at radius 2 is 1.92 bits per heavy atom. The quantitative estimate of drug-likeness (QED) is 0.928. The summed E-state index contributed by atoms with van der Waals surface area (Å²) in [5.41, 5.74) is 6.08. The molecule has 2 aromatic carbocycles. The molecule has 0 radical (unpaired) electrons. The van der Waals surface area contributed by atoms with E-state index >= 15 is 0 Å². The zero-order valence-corrected chi connectivity index (χ0v) is 15.1. The maximum absolute atomic E-state index is 12.5. The van der Waals surface area contributed by atoms with E-state index in [0.29, 0.717) is 25.1 Å². The average Bonchev–Trinajstić information content (AvgIpc) is 3.04. The lowest BCUT2D eigenvalue weighted by Crippen LogP contribution is -2.28. The SMILES string of the molecule is CCC(=O)N1CCc2ccc(C(=O)NCc3cc(C)ccc3C)cc21. The number of amides is 2. The second kappa shape index (κ2) is 7.09. The Morgan fingerprint density at radius 3 is 2.68 bits per heavy atom. The molecule has 1 heterocycles. The maximum Gasteiger partial charge on any atom is 0.251 e. The van der Waals surface area contributed by atoms with Crippen molar-refractivity contribution in [2.24, 2.45) is 0 Å². The van der Waals surface area contributed by atoms with Crippen molar-refractivity contribution in [3.8, 4) is 0 Å². The molecule has 0 aromatic heterocycles. The van der Waals surface area contributed by atoms with Gasteiger partial charge in [0.25, 0.3) is 5.91 Å². The number of aryl methyl sites for hydroxylation is 2. The van der Waals surface area contributed by atoms with Crippen molar-refractivity contribution < 1.29 is 9.59 Å². The van der Waals surface area contributed by atoms with Crippen molar-refractivity contribution >= 4 is 17.5 Å². The van der Waals surface area contributed by atoms with Crippen LogP contribution in [-0.2, 0) is 17.8 Å². The van der Waals surface area contributed by atoms with Gasteiger partial charge in [-0.05, 0) is 49.1 Å². The minimum atomic E-state index is -0.112. The van der Waals surface area contributed by atoms with Crippen molar-refractivity contribution in [1.29, 1.82) is 0 Å². The van der Waals surface area contributed by atoms with E-state index in [2.05, 4.69) is 23.5 Å². The van der Waals surface area contributed by atoms with Crippen LogP contribution < -0.4 is 10.2 Å². The third kappa shape index (κ3) is 3.58. The van der Waals surface area contributed by atoms with Gasteiger partial charge < -0.3 is 10.2 Å². The highest BCUT2D eigenvalue weighted by atomic mass is 16.2. The molecule has 0 spiro atoms. The van der Waals surface area contributed by atoms with E-state index < -0.39 is 0 Å². The Morgan fingerprint density at radius 1 is 1.12 bits per heavy atom. The molecule has 1 N–H and O–H groups in total. The fraction of sp³-hybridized carbons (Fsp3) is 0.333. The highest BCUT2D eigenvalue weighted by molar-refractivity contribution is 5.99. The second-order valence-corrected chi connectivity index (χ2v) is 6.61. The molecule has 2 aromatic rings. The van der Waals surface area contributed by atoms with Crippen LogP contribution in [0, 0.1) is 13.8 Å². The van der Waals surface area contributed by atoms with Crippen LogP contribution in [-0.4, -0.2) is 18.4 Å². The molecular formula is C21H24N2O2. The first-order chi connectivity index (χ1) is 12.0. The molecule has 0 bridgehead atoms. The third-order valence-corrected chi connectivity index (χ3v) is 4.79. The molecule has 0 fully saturated rings. The van der Waals surface area contributed by atoms with E-state index in [1.807, 2.05) is 39.0 Å². The summed E-state index contributed by atoms with van der Waals surface area (Å²) in [5.74, 6) is -0.00815. The van der Waals surface area contributed by atoms with Gasteiger partial charge in [-0.25, -0.2) is 0 Å². The molecule has 0 saturated carbocycles. The van der Waals surface area contributed by atoms with Crippen LogP contribution in [0.3, 0.4) is 0 Å². The first-order valence-electron chi connectivity index (χ1n) is 8.77. The molecular weight excluding hydrogens is 312 g/mol. The fourth-order valence-corrected chi connectivity index (χ4v) is 3.24. The minimum absolute atomic E-state index is 0.103. The predicted molar refractivity (Wildman–Crippen MR) is 99.9 cm³/mol. The number of hydrogen-bond donors (Lipinski definition) is 1. The van der Waals surface area contributed by atoms with Gasteiger partial charge in [0.15, 0.2) is 0 Å². The lowest BCUT2D eigenvalue weighted by atomic mass is 10.1. The van der Waals surface area contributed by atoms with Crippen molar-refractivity contribution in [1.82, 2.24) is 5.32 Å². The molecule has 1 aliphatic rings. The Balaban J connectivity index is 1.75. The summed E-state index contributed by atoms with van der Waals surface area (Å²) in [4.78, 5) is 26.4. The smallest absolute Gasteiger partial charge is 0.251 e. The molecule has 0 atom stereocenters. The molecule has 2 amide bonds. The third-order valence-electron chi connectivity index (χ3n) is 4.79. The van der Waals surface area contributed by atoms with E-state index in [-0.39, 0.29) is 11.8 Å². The zero-order valence-electron chi connectivity index (χ0n) is 15.1. The van der Waals surface area contributed by atoms with E-state index in [9.17, 15) is 9.59 Å². The molecule has 0 aliphatic carbocycles. The predicted octanol–water partition coefficient (Wildman–Crippen LogP) is 3.53. The number of hydrogen-bond acceptors (Lipinski definition) is 2. The van der Waals surface area contributed by atoms with Gasteiger partial charge in [0.2, 0.25) is 5.91 Å². The standard InChI is InChI=1S/C21H24N2O2/c1-4-20(24)23-10-9-16-7-8-17(12-19(16)23)21(25)22-13-18-11-14(2)5-6-15(18)3/h5-8,11-12H,4,9-10,13H2,1-3H3,(H,22,25). The lowest BCUT2D eigenvalue weighted by Gasteiger charge is -2.17. The largest absolute Gasteiger partial charge is 0.348 e. The topological polar surface area (TPSA) is 49.4 Å². The number of fused-ring (bicyclic) bond motifs is 1. The molecule has 4 nitrogen and oxygen atoms in total. The zero-order chi connectivity index (χ0) is 18.0. The van der Waals surface area contributed by atoms with Crippen LogP contribution in [0.25, 0.3) is 0 Å². The van der Waals surface area contributed by atoms with E-state index in [4.69, 9.17) is 0 Å².